The number of fused-ring (bicyclic) bond motifs is 1. The van der Waals surface area contributed by atoms with E-state index in [-0.39, 0.29) is 47.7 Å². The number of carbonyl (C=O) groups is 2. The summed E-state index contributed by atoms with van der Waals surface area (Å²) >= 11 is 6.41. The Bertz CT molecular complexity index is 1710. The predicted molar refractivity (Wildman–Crippen MR) is 159 cm³/mol. The molecule has 1 N–H and O–H groups in total. The molecule has 42 heavy (non-hydrogen) atoms. The zero-order valence-corrected chi connectivity index (χ0v) is 25.1. The number of carboxylic acid groups (broad SMARTS) is 1. The van der Waals surface area contributed by atoms with Gasteiger partial charge in [0.15, 0.2) is 0 Å². The number of hydrogen-bond acceptors (Lipinski definition) is 6. The summed E-state index contributed by atoms with van der Waals surface area (Å²) in [4.78, 5) is 27.0. The lowest BCUT2D eigenvalue weighted by molar-refractivity contribution is -0.138. The quantitative estimate of drug-likeness (QED) is 0.204. The van der Waals surface area contributed by atoms with Crippen LogP contribution < -0.4 is 4.31 Å². The van der Waals surface area contributed by atoms with Crippen LogP contribution in [0.3, 0.4) is 0 Å². The molecule has 9 nitrogen and oxygen atoms in total. The van der Waals surface area contributed by atoms with E-state index in [0.29, 0.717) is 33.0 Å². The molecule has 0 unspecified atom stereocenters. The van der Waals surface area contributed by atoms with E-state index in [1.165, 1.54) is 22.5 Å². The molecule has 5 rings (SSSR count). The molecule has 1 aliphatic rings. The zero-order valence-electron chi connectivity index (χ0n) is 23.5. The van der Waals surface area contributed by atoms with Gasteiger partial charge in [0, 0.05) is 35.0 Å². The van der Waals surface area contributed by atoms with Gasteiger partial charge in [0.25, 0.3) is 10.0 Å². The summed E-state index contributed by atoms with van der Waals surface area (Å²) in [5, 5.41) is 10.3. The number of carbonyl (C=O) groups excluding carboxylic acids is 1. The third-order valence-corrected chi connectivity index (χ3v) is 9.96. The van der Waals surface area contributed by atoms with Crippen molar-refractivity contribution in [3.05, 3.63) is 82.5 Å². The molecule has 4 aromatic rings. The highest BCUT2D eigenvalue weighted by Crippen LogP contribution is 2.34. The second kappa shape index (κ2) is 12.2. The lowest BCUT2D eigenvalue weighted by atomic mass is 9.88. The first-order valence-corrected chi connectivity index (χ1v) is 15.8. The van der Waals surface area contributed by atoms with Gasteiger partial charge in [-0.1, -0.05) is 30.9 Å². The van der Waals surface area contributed by atoms with Crippen molar-refractivity contribution in [2.75, 3.05) is 10.8 Å². The van der Waals surface area contributed by atoms with Crippen LogP contribution in [0.25, 0.3) is 11.0 Å². The lowest BCUT2D eigenvalue weighted by Gasteiger charge is -2.31. The fourth-order valence-electron chi connectivity index (χ4n) is 5.70. The third-order valence-electron chi connectivity index (χ3n) is 7.84. The number of amides is 1. The van der Waals surface area contributed by atoms with Gasteiger partial charge in [0.05, 0.1) is 23.4 Å². The molecule has 1 saturated carbocycles. The smallest absolute Gasteiger partial charge is 0.372 e. The number of sulfonamides is 1. The number of carboxylic acids is 1. The highest BCUT2D eigenvalue weighted by molar-refractivity contribution is 7.92. The van der Waals surface area contributed by atoms with E-state index < -0.39 is 16.0 Å². The largest absolute Gasteiger partial charge is 0.475 e. The Morgan fingerprint density at radius 1 is 1.05 bits per heavy atom. The maximum absolute atomic E-state index is 14.1. The average Bonchev–Trinajstić information content (AvgIpc) is 3.61. The molecule has 1 fully saturated rings. The Balaban J connectivity index is 1.53. The minimum absolute atomic E-state index is 0.00990. The van der Waals surface area contributed by atoms with E-state index in [0.717, 1.165) is 32.1 Å². The van der Waals surface area contributed by atoms with Crippen molar-refractivity contribution in [3.63, 3.8) is 0 Å². The average molecular weight is 613 g/mol. The van der Waals surface area contributed by atoms with Crippen molar-refractivity contribution in [3.8, 4) is 0 Å². The molecule has 0 saturated heterocycles. The summed E-state index contributed by atoms with van der Waals surface area (Å²) in [5.41, 5.74) is 1.61. The van der Waals surface area contributed by atoms with Crippen LogP contribution in [-0.2, 0) is 27.9 Å². The van der Waals surface area contributed by atoms with Crippen LogP contribution in [0.1, 0.15) is 66.5 Å². The monoisotopic (exact) mass is 612 g/mol. The number of nitrogens with zero attached hydrogens (tertiary/aromatic N) is 2. The molecule has 0 aliphatic heterocycles. The van der Waals surface area contributed by atoms with Gasteiger partial charge in [-0.05, 0) is 80.8 Å². The Hall–Kier alpha value is -3.76. The molecule has 222 valence electrons. The molecule has 0 bridgehead atoms. The summed E-state index contributed by atoms with van der Waals surface area (Å²) in [6.07, 6.45) is 6.33. The fraction of sp³-hybridized carbons (Fsp3) is 0.355. The molecule has 0 atom stereocenters. The highest BCUT2D eigenvalue weighted by Gasteiger charge is 2.31. The number of hydrogen-bond donors (Lipinski definition) is 1. The van der Waals surface area contributed by atoms with Crippen LogP contribution in [0.5, 0.6) is 0 Å². The van der Waals surface area contributed by atoms with E-state index in [1.807, 2.05) is 6.07 Å². The van der Waals surface area contributed by atoms with Crippen molar-refractivity contribution in [1.82, 2.24) is 4.90 Å². The van der Waals surface area contributed by atoms with Gasteiger partial charge >= 0.3 is 5.97 Å². The Labute approximate surface area is 249 Å². The van der Waals surface area contributed by atoms with Gasteiger partial charge in [-0.15, -0.1) is 0 Å². The van der Waals surface area contributed by atoms with Gasteiger partial charge in [-0.2, -0.15) is 0 Å². The maximum atomic E-state index is 14.1. The van der Waals surface area contributed by atoms with E-state index in [4.69, 9.17) is 20.4 Å². The van der Waals surface area contributed by atoms with Crippen molar-refractivity contribution in [2.45, 2.75) is 63.9 Å². The summed E-state index contributed by atoms with van der Waals surface area (Å²) < 4.78 is 40.4. The first-order valence-electron chi connectivity index (χ1n) is 14.0. The highest BCUT2D eigenvalue weighted by atomic mass is 35.5. The topological polar surface area (TPSA) is 121 Å². The van der Waals surface area contributed by atoms with E-state index in [2.05, 4.69) is 0 Å². The summed E-state index contributed by atoms with van der Waals surface area (Å²) in [6.45, 7) is 3.80. The van der Waals surface area contributed by atoms with Crippen molar-refractivity contribution in [2.24, 2.45) is 5.92 Å². The lowest BCUT2D eigenvalue weighted by Crippen LogP contribution is -2.37. The van der Waals surface area contributed by atoms with Crippen LogP contribution in [0.2, 0.25) is 5.02 Å². The number of rotatable bonds is 10. The second-order valence-corrected chi connectivity index (χ2v) is 12.9. The molecule has 2 heterocycles. The normalized spacial score (nSPS) is 14.3. The van der Waals surface area contributed by atoms with Crippen LogP contribution in [0, 0.1) is 12.8 Å². The van der Waals surface area contributed by atoms with Gasteiger partial charge in [0.2, 0.25) is 11.7 Å². The molecule has 1 amide bonds. The molecular weight excluding hydrogens is 580 g/mol. The molecule has 0 spiro atoms. The standard InChI is InChI=1S/C31H33ClN2O7S/c1-3-34(42(38,39)25-12-14-28-26(17-25)20(2)29(41-28)31(36)37)27-13-11-23(32)16-22(27)18-33(19-24-10-7-15-40-24)30(35)21-8-5-4-6-9-21/h7,10-17,21H,3-6,8-9,18-19H2,1-2H3,(H,36,37). The van der Waals surface area contributed by atoms with Crippen LogP contribution in [-0.4, -0.2) is 36.8 Å². The molecular formula is C31H33ClN2O7S. The summed E-state index contributed by atoms with van der Waals surface area (Å²) in [7, 11) is -4.11. The number of aryl methyl sites for hydroxylation is 1. The molecule has 1 aliphatic carbocycles. The Morgan fingerprint density at radius 3 is 2.48 bits per heavy atom. The minimum Gasteiger partial charge on any atom is -0.475 e. The first kappa shape index (κ1) is 29.7. The third kappa shape index (κ3) is 5.91. The zero-order chi connectivity index (χ0) is 30.0. The van der Waals surface area contributed by atoms with Crippen LogP contribution >= 0.6 is 11.6 Å². The number of anilines is 1. The van der Waals surface area contributed by atoms with Gasteiger partial charge in [-0.3, -0.25) is 9.10 Å². The second-order valence-electron chi connectivity index (χ2n) is 10.6. The summed E-state index contributed by atoms with van der Waals surface area (Å²) in [5.74, 6) is -0.907. The van der Waals surface area contributed by atoms with Crippen molar-refractivity contribution in [1.29, 1.82) is 0 Å². The van der Waals surface area contributed by atoms with Crippen LogP contribution in [0.15, 0.2) is 68.5 Å². The minimum atomic E-state index is -4.11. The SMILES string of the molecule is CCN(c1ccc(Cl)cc1CN(Cc1ccco1)C(=O)C1CCCCC1)S(=O)(=O)c1ccc2oc(C(=O)O)c(C)c2c1. The van der Waals surface area contributed by atoms with Gasteiger partial charge < -0.3 is 18.8 Å². The maximum Gasteiger partial charge on any atom is 0.372 e. The van der Waals surface area contributed by atoms with Gasteiger partial charge in [-0.25, -0.2) is 13.2 Å². The van der Waals surface area contributed by atoms with Crippen molar-refractivity contribution >= 4 is 50.2 Å². The number of aromatic carboxylic acids is 1. The molecule has 0 radical (unpaired) electrons. The Kier molecular flexibility index (Phi) is 8.65. The number of halogens is 1. The number of benzene rings is 2. The number of furan rings is 2. The van der Waals surface area contributed by atoms with Crippen LogP contribution in [0.4, 0.5) is 5.69 Å². The van der Waals surface area contributed by atoms with Gasteiger partial charge in [0.1, 0.15) is 11.3 Å². The van der Waals surface area contributed by atoms with E-state index in [9.17, 15) is 23.1 Å². The fourth-order valence-corrected chi connectivity index (χ4v) is 7.43. The first-order chi connectivity index (χ1) is 20.1. The predicted octanol–water partition coefficient (Wildman–Crippen LogP) is 7.01. The van der Waals surface area contributed by atoms with E-state index in [1.54, 1.807) is 49.3 Å². The summed E-state index contributed by atoms with van der Waals surface area (Å²) in [6, 6.07) is 12.9. The molecule has 2 aromatic carbocycles. The van der Waals surface area contributed by atoms with Crippen molar-refractivity contribution < 1.29 is 31.9 Å². The Morgan fingerprint density at radius 2 is 1.81 bits per heavy atom. The molecule has 11 heteroatoms. The molecule has 2 aromatic heterocycles. The van der Waals surface area contributed by atoms with E-state index >= 15 is 0 Å².